The number of hydrogen-bond acceptors (Lipinski definition) is 4. The summed E-state index contributed by atoms with van der Waals surface area (Å²) >= 11 is 0. The lowest BCUT2D eigenvalue weighted by Crippen LogP contribution is -2.35. The SMILES string of the molecule is Cc1ccc(-c2noc(CCN(C(=O)c3ccc(C(F)(F)F)cc3)[C@@H](C)c3ccccc3)n2)cc1. The average molecular weight is 480 g/mol. The number of aryl methyl sites for hydroxylation is 1. The second kappa shape index (κ2) is 10.1. The third-order valence-electron chi connectivity index (χ3n) is 5.81. The van der Waals surface area contributed by atoms with Crippen LogP contribution in [-0.4, -0.2) is 27.5 Å². The van der Waals surface area contributed by atoms with Crippen LogP contribution in [0.1, 0.15) is 45.9 Å². The van der Waals surface area contributed by atoms with E-state index in [1.54, 1.807) is 4.90 Å². The van der Waals surface area contributed by atoms with Gasteiger partial charge in [0.05, 0.1) is 11.6 Å². The number of aromatic nitrogens is 2. The molecule has 1 atom stereocenters. The first-order valence-corrected chi connectivity index (χ1v) is 11.1. The minimum atomic E-state index is -4.47. The zero-order chi connectivity index (χ0) is 25.0. The van der Waals surface area contributed by atoms with Gasteiger partial charge >= 0.3 is 6.18 Å². The predicted molar refractivity (Wildman–Crippen MR) is 126 cm³/mol. The molecule has 0 aliphatic carbocycles. The van der Waals surface area contributed by atoms with Gasteiger partial charge in [0.15, 0.2) is 0 Å². The van der Waals surface area contributed by atoms with Crippen molar-refractivity contribution in [3.63, 3.8) is 0 Å². The number of benzene rings is 3. The van der Waals surface area contributed by atoms with Gasteiger partial charge in [-0.15, -0.1) is 0 Å². The fourth-order valence-electron chi connectivity index (χ4n) is 3.74. The van der Waals surface area contributed by atoms with Gasteiger partial charge in [-0.25, -0.2) is 0 Å². The number of carbonyl (C=O) groups is 1. The highest BCUT2D eigenvalue weighted by molar-refractivity contribution is 5.94. The molecule has 0 bridgehead atoms. The van der Waals surface area contributed by atoms with Crippen LogP contribution in [0.15, 0.2) is 83.4 Å². The van der Waals surface area contributed by atoms with Crippen LogP contribution in [-0.2, 0) is 12.6 Å². The molecule has 0 spiro atoms. The largest absolute Gasteiger partial charge is 0.416 e. The number of amides is 1. The highest BCUT2D eigenvalue weighted by Crippen LogP contribution is 2.30. The Morgan fingerprint density at radius 1 is 0.971 bits per heavy atom. The molecule has 1 aromatic heterocycles. The van der Waals surface area contributed by atoms with E-state index in [4.69, 9.17) is 4.52 Å². The van der Waals surface area contributed by atoms with Crippen molar-refractivity contribution in [1.29, 1.82) is 0 Å². The van der Waals surface area contributed by atoms with Crippen LogP contribution in [0.4, 0.5) is 13.2 Å². The van der Waals surface area contributed by atoms with E-state index in [0.29, 0.717) is 18.1 Å². The maximum atomic E-state index is 13.4. The first kappa shape index (κ1) is 24.2. The quantitative estimate of drug-likeness (QED) is 0.303. The Hall–Kier alpha value is -3.94. The molecule has 35 heavy (non-hydrogen) atoms. The summed E-state index contributed by atoms with van der Waals surface area (Å²) in [5.41, 5.74) is 2.21. The fraction of sp³-hybridized carbons (Fsp3) is 0.222. The van der Waals surface area contributed by atoms with Crippen LogP contribution in [0, 0.1) is 6.92 Å². The van der Waals surface area contributed by atoms with Crippen molar-refractivity contribution in [1.82, 2.24) is 15.0 Å². The Morgan fingerprint density at radius 2 is 1.63 bits per heavy atom. The minimum Gasteiger partial charge on any atom is -0.339 e. The Labute approximate surface area is 201 Å². The second-order valence-corrected chi connectivity index (χ2v) is 8.29. The van der Waals surface area contributed by atoms with Gasteiger partial charge in [-0.2, -0.15) is 18.2 Å². The number of halogens is 3. The van der Waals surface area contributed by atoms with E-state index in [1.165, 1.54) is 12.1 Å². The number of carbonyl (C=O) groups excluding carboxylic acids is 1. The number of alkyl halides is 3. The molecule has 0 saturated carbocycles. The normalized spacial score (nSPS) is 12.4. The number of rotatable bonds is 7. The van der Waals surface area contributed by atoms with E-state index in [-0.39, 0.29) is 24.1 Å². The van der Waals surface area contributed by atoms with E-state index in [2.05, 4.69) is 10.1 Å². The van der Waals surface area contributed by atoms with Crippen LogP contribution in [0.25, 0.3) is 11.4 Å². The van der Waals surface area contributed by atoms with E-state index in [9.17, 15) is 18.0 Å². The van der Waals surface area contributed by atoms with Gasteiger partial charge in [0.25, 0.3) is 5.91 Å². The van der Waals surface area contributed by atoms with Crippen molar-refractivity contribution in [3.05, 3.63) is 107 Å². The van der Waals surface area contributed by atoms with Crippen LogP contribution in [0.2, 0.25) is 0 Å². The molecule has 3 aromatic carbocycles. The van der Waals surface area contributed by atoms with Crippen LogP contribution >= 0.6 is 0 Å². The summed E-state index contributed by atoms with van der Waals surface area (Å²) in [5.74, 6) is 0.441. The van der Waals surface area contributed by atoms with Crippen molar-refractivity contribution in [2.24, 2.45) is 0 Å². The third kappa shape index (κ3) is 5.77. The van der Waals surface area contributed by atoms with Gasteiger partial charge in [-0.1, -0.05) is 65.3 Å². The first-order valence-electron chi connectivity index (χ1n) is 11.1. The molecular formula is C27H24F3N3O2. The lowest BCUT2D eigenvalue weighted by atomic mass is 10.0. The summed E-state index contributed by atoms with van der Waals surface area (Å²) in [4.78, 5) is 19.4. The highest BCUT2D eigenvalue weighted by atomic mass is 19.4. The van der Waals surface area contributed by atoms with E-state index in [0.717, 1.165) is 28.8 Å². The molecule has 4 aromatic rings. The summed E-state index contributed by atoms with van der Waals surface area (Å²) in [6.45, 7) is 4.11. The van der Waals surface area contributed by atoms with Gasteiger partial charge in [-0.3, -0.25) is 4.79 Å². The summed E-state index contributed by atoms with van der Waals surface area (Å²) in [6, 6.07) is 21.1. The maximum Gasteiger partial charge on any atom is 0.416 e. The standard InChI is InChI=1S/C27H24F3N3O2/c1-18-8-10-21(11-9-18)25-31-24(35-32-25)16-17-33(19(2)20-6-4-3-5-7-20)26(34)22-12-14-23(15-13-22)27(28,29)30/h3-15,19H,16-17H2,1-2H3/t19-/m0/s1. The molecule has 0 unspecified atom stereocenters. The molecule has 5 nitrogen and oxygen atoms in total. The zero-order valence-corrected chi connectivity index (χ0v) is 19.3. The number of hydrogen-bond donors (Lipinski definition) is 0. The Morgan fingerprint density at radius 3 is 2.26 bits per heavy atom. The van der Waals surface area contributed by atoms with Crippen molar-refractivity contribution >= 4 is 5.91 Å². The van der Waals surface area contributed by atoms with Gasteiger partial charge < -0.3 is 9.42 Å². The molecule has 4 rings (SSSR count). The van der Waals surface area contributed by atoms with Crippen molar-refractivity contribution in [2.45, 2.75) is 32.5 Å². The highest BCUT2D eigenvalue weighted by Gasteiger charge is 2.31. The molecular weight excluding hydrogens is 455 g/mol. The summed E-state index contributed by atoms with van der Waals surface area (Å²) < 4.78 is 44.3. The molecule has 0 aliphatic rings. The molecule has 0 radical (unpaired) electrons. The molecule has 1 amide bonds. The van der Waals surface area contributed by atoms with E-state index >= 15 is 0 Å². The smallest absolute Gasteiger partial charge is 0.339 e. The molecule has 1 heterocycles. The topological polar surface area (TPSA) is 59.2 Å². The second-order valence-electron chi connectivity index (χ2n) is 8.29. The molecule has 0 aliphatic heterocycles. The lowest BCUT2D eigenvalue weighted by Gasteiger charge is -2.29. The molecule has 180 valence electrons. The van der Waals surface area contributed by atoms with Crippen molar-refractivity contribution in [3.8, 4) is 11.4 Å². The lowest BCUT2D eigenvalue weighted by molar-refractivity contribution is -0.137. The fourth-order valence-corrected chi connectivity index (χ4v) is 3.74. The summed E-state index contributed by atoms with van der Waals surface area (Å²) in [6.07, 6.45) is -4.17. The molecule has 0 N–H and O–H groups in total. The van der Waals surface area contributed by atoms with Gasteiger partial charge in [0.1, 0.15) is 0 Å². The molecule has 8 heteroatoms. The van der Waals surface area contributed by atoms with Crippen LogP contribution < -0.4 is 0 Å². The Kier molecular flexibility index (Phi) is 7.00. The van der Waals surface area contributed by atoms with E-state index < -0.39 is 11.7 Å². The van der Waals surface area contributed by atoms with Crippen LogP contribution in [0.3, 0.4) is 0 Å². The third-order valence-corrected chi connectivity index (χ3v) is 5.81. The van der Waals surface area contributed by atoms with Gasteiger partial charge in [0, 0.05) is 24.1 Å². The summed E-state index contributed by atoms with van der Waals surface area (Å²) in [7, 11) is 0. The van der Waals surface area contributed by atoms with Crippen molar-refractivity contribution in [2.75, 3.05) is 6.54 Å². The monoisotopic (exact) mass is 479 g/mol. The van der Waals surface area contributed by atoms with Gasteiger partial charge in [-0.05, 0) is 43.7 Å². The summed E-state index contributed by atoms with van der Waals surface area (Å²) in [5, 5.41) is 4.04. The van der Waals surface area contributed by atoms with E-state index in [1.807, 2.05) is 68.4 Å². The predicted octanol–water partition coefficient (Wildman–Crippen LogP) is 6.51. The molecule has 0 saturated heterocycles. The zero-order valence-electron chi connectivity index (χ0n) is 19.3. The minimum absolute atomic E-state index is 0.173. The first-order chi connectivity index (χ1) is 16.7. The Balaban J connectivity index is 1.55. The van der Waals surface area contributed by atoms with Crippen LogP contribution in [0.5, 0.6) is 0 Å². The number of nitrogens with zero attached hydrogens (tertiary/aromatic N) is 3. The Bertz CT molecular complexity index is 1270. The van der Waals surface area contributed by atoms with Crippen molar-refractivity contribution < 1.29 is 22.5 Å². The average Bonchev–Trinajstić information content (AvgIpc) is 3.33. The maximum absolute atomic E-state index is 13.4. The van der Waals surface area contributed by atoms with Gasteiger partial charge in [0.2, 0.25) is 11.7 Å². The molecule has 0 fully saturated rings.